The van der Waals surface area contributed by atoms with Gasteiger partial charge in [-0.05, 0) is 11.4 Å². The number of carbonyl (C=O) groups excluding carboxylic acids is 2. The predicted molar refractivity (Wildman–Crippen MR) is 69.8 cm³/mol. The largest absolute Gasteiger partial charge is 0.349 e. The molecule has 0 aliphatic heterocycles. The normalized spacial score (nSPS) is 10.2. The van der Waals surface area contributed by atoms with Crippen molar-refractivity contribution in [3.63, 3.8) is 0 Å². The lowest BCUT2D eigenvalue weighted by atomic mass is 10.4. The van der Waals surface area contributed by atoms with Crippen molar-refractivity contribution in [2.75, 3.05) is 6.54 Å². The number of nitrogens with one attached hydrogen (secondary N) is 2. The fourth-order valence-electron chi connectivity index (χ4n) is 1.35. The van der Waals surface area contributed by atoms with Gasteiger partial charge in [0.1, 0.15) is 5.69 Å². The highest BCUT2D eigenvalue weighted by atomic mass is 32.1. The van der Waals surface area contributed by atoms with E-state index in [4.69, 9.17) is 0 Å². The van der Waals surface area contributed by atoms with Crippen LogP contribution < -0.4 is 10.6 Å². The quantitative estimate of drug-likeness (QED) is 0.811. The SMILES string of the molecule is CC(=O)NCC(=O)NCc1cn(-c2ccsc2)nn1. The second-order valence-corrected chi connectivity index (χ2v) is 4.60. The van der Waals surface area contributed by atoms with Crippen LogP contribution in [0.4, 0.5) is 0 Å². The predicted octanol–water partition coefficient (Wildman–Crippen LogP) is 0.0811. The third kappa shape index (κ3) is 3.88. The minimum atomic E-state index is -0.264. The molecule has 0 atom stereocenters. The summed E-state index contributed by atoms with van der Waals surface area (Å²) in [5, 5.41) is 16.9. The zero-order valence-electron chi connectivity index (χ0n) is 10.3. The number of carbonyl (C=O) groups is 2. The Balaban J connectivity index is 1.84. The smallest absolute Gasteiger partial charge is 0.239 e. The van der Waals surface area contributed by atoms with Crippen molar-refractivity contribution in [3.8, 4) is 5.69 Å². The van der Waals surface area contributed by atoms with E-state index >= 15 is 0 Å². The maximum Gasteiger partial charge on any atom is 0.239 e. The molecule has 2 N–H and O–H groups in total. The van der Waals surface area contributed by atoms with Gasteiger partial charge >= 0.3 is 0 Å². The van der Waals surface area contributed by atoms with Crippen LogP contribution in [0.5, 0.6) is 0 Å². The number of hydrogen-bond donors (Lipinski definition) is 2. The molecule has 7 nitrogen and oxygen atoms in total. The van der Waals surface area contributed by atoms with Crippen LogP contribution in [0.3, 0.4) is 0 Å². The van der Waals surface area contributed by atoms with Crippen LogP contribution in [-0.4, -0.2) is 33.4 Å². The van der Waals surface area contributed by atoms with Crippen molar-refractivity contribution in [2.24, 2.45) is 0 Å². The number of hydrogen-bond acceptors (Lipinski definition) is 5. The Morgan fingerprint density at radius 2 is 2.26 bits per heavy atom. The Morgan fingerprint density at radius 1 is 1.42 bits per heavy atom. The molecule has 0 unspecified atom stereocenters. The van der Waals surface area contributed by atoms with E-state index < -0.39 is 0 Å². The summed E-state index contributed by atoms with van der Waals surface area (Å²) in [5.74, 6) is -0.501. The fraction of sp³-hybridized carbons (Fsp3) is 0.273. The monoisotopic (exact) mass is 279 g/mol. The average Bonchev–Trinajstić information content (AvgIpc) is 3.03. The molecule has 2 aromatic rings. The minimum Gasteiger partial charge on any atom is -0.349 e. The molecule has 0 aromatic carbocycles. The topological polar surface area (TPSA) is 88.9 Å². The number of nitrogens with zero attached hydrogens (tertiary/aromatic N) is 3. The van der Waals surface area contributed by atoms with Gasteiger partial charge in [0.2, 0.25) is 11.8 Å². The highest BCUT2D eigenvalue weighted by Gasteiger charge is 2.06. The van der Waals surface area contributed by atoms with Crippen LogP contribution in [0.15, 0.2) is 23.0 Å². The van der Waals surface area contributed by atoms with E-state index in [0.29, 0.717) is 5.69 Å². The first-order valence-corrected chi connectivity index (χ1v) is 6.54. The van der Waals surface area contributed by atoms with Crippen molar-refractivity contribution in [1.29, 1.82) is 0 Å². The molecule has 0 fully saturated rings. The van der Waals surface area contributed by atoms with E-state index in [-0.39, 0.29) is 24.9 Å². The van der Waals surface area contributed by atoms with Gasteiger partial charge in [-0.3, -0.25) is 9.59 Å². The van der Waals surface area contributed by atoms with E-state index in [0.717, 1.165) is 5.69 Å². The van der Waals surface area contributed by atoms with Crippen LogP contribution >= 0.6 is 11.3 Å². The zero-order chi connectivity index (χ0) is 13.7. The Morgan fingerprint density at radius 3 is 2.95 bits per heavy atom. The zero-order valence-corrected chi connectivity index (χ0v) is 11.1. The Kier molecular flexibility index (Phi) is 4.24. The molecule has 2 rings (SSSR count). The van der Waals surface area contributed by atoms with Crippen molar-refractivity contribution >= 4 is 23.2 Å². The highest BCUT2D eigenvalue weighted by Crippen LogP contribution is 2.10. The fourth-order valence-corrected chi connectivity index (χ4v) is 1.97. The Bertz CT molecular complexity index is 563. The average molecular weight is 279 g/mol. The lowest BCUT2D eigenvalue weighted by Gasteiger charge is -2.02. The molecule has 19 heavy (non-hydrogen) atoms. The highest BCUT2D eigenvalue weighted by molar-refractivity contribution is 7.08. The molecule has 0 bridgehead atoms. The Labute approximate surface area is 113 Å². The second kappa shape index (κ2) is 6.10. The van der Waals surface area contributed by atoms with Crippen LogP contribution in [0.1, 0.15) is 12.6 Å². The van der Waals surface area contributed by atoms with E-state index in [1.165, 1.54) is 6.92 Å². The van der Waals surface area contributed by atoms with Crippen LogP contribution in [0.25, 0.3) is 5.69 Å². The summed E-state index contributed by atoms with van der Waals surface area (Å²) in [5.41, 5.74) is 1.59. The van der Waals surface area contributed by atoms with Gasteiger partial charge in [0, 0.05) is 12.3 Å². The van der Waals surface area contributed by atoms with Gasteiger partial charge in [-0.25, -0.2) is 4.68 Å². The molecule has 2 heterocycles. The molecule has 2 amide bonds. The van der Waals surface area contributed by atoms with E-state index in [9.17, 15) is 9.59 Å². The molecule has 0 spiro atoms. The maximum absolute atomic E-state index is 11.4. The summed E-state index contributed by atoms with van der Waals surface area (Å²) in [7, 11) is 0. The first kappa shape index (κ1) is 13.2. The van der Waals surface area contributed by atoms with E-state index in [2.05, 4.69) is 20.9 Å². The first-order valence-electron chi connectivity index (χ1n) is 5.60. The van der Waals surface area contributed by atoms with Gasteiger partial charge < -0.3 is 10.6 Å². The summed E-state index contributed by atoms with van der Waals surface area (Å²) in [6.45, 7) is 1.61. The summed E-state index contributed by atoms with van der Waals surface area (Å²) < 4.78 is 1.64. The molecule has 0 saturated carbocycles. The van der Waals surface area contributed by atoms with Crippen molar-refractivity contribution in [1.82, 2.24) is 25.6 Å². The summed E-state index contributed by atoms with van der Waals surface area (Å²) in [6.07, 6.45) is 1.75. The molecule has 8 heteroatoms. The van der Waals surface area contributed by atoms with E-state index in [1.54, 1.807) is 22.2 Å². The number of aromatic nitrogens is 3. The van der Waals surface area contributed by atoms with Gasteiger partial charge in [0.15, 0.2) is 0 Å². The molecule has 100 valence electrons. The lowest BCUT2D eigenvalue weighted by molar-refractivity contribution is -0.125. The molecule has 0 aliphatic carbocycles. The Hall–Kier alpha value is -2.22. The third-order valence-corrected chi connectivity index (χ3v) is 2.95. The minimum absolute atomic E-state index is 0.0337. The molecule has 0 saturated heterocycles. The summed E-state index contributed by atoms with van der Waals surface area (Å²) >= 11 is 1.57. The van der Waals surface area contributed by atoms with Gasteiger partial charge in [-0.2, -0.15) is 11.3 Å². The van der Waals surface area contributed by atoms with Crippen molar-refractivity contribution < 1.29 is 9.59 Å². The van der Waals surface area contributed by atoms with Gasteiger partial charge in [-0.1, -0.05) is 5.21 Å². The van der Waals surface area contributed by atoms with E-state index in [1.807, 2.05) is 16.8 Å². The van der Waals surface area contributed by atoms with Crippen LogP contribution in [0, 0.1) is 0 Å². The van der Waals surface area contributed by atoms with Gasteiger partial charge in [-0.15, -0.1) is 5.10 Å². The first-order chi connectivity index (χ1) is 9.15. The lowest BCUT2D eigenvalue weighted by Crippen LogP contribution is -2.35. The molecule has 0 aliphatic rings. The van der Waals surface area contributed by atoms with Crippen LogP contribution in [0.2, 0.25) is 0 Å². The third-order valence-electron chi connectivity index (χ3n) is 2.28. The molecule has 2 aromatic heterocycles. The van der Waals surface area contributed by atoms with Crippen LogP contribution in [-0.2, 0) is 16.1 Å². The molecule has 0 radical (unpaired) electrons. The van der Waals surface area contributed by atoms with Gasteiger partial charge in [0.25, 0.3) is 0 Å². The standard InChI is InChI=1S/C11H13N5O2S/c1-8(17)12-5-11(18)13-4-9-6-16(15-14-9)10-2-3-19-7-10/h2-3,6-7H,4-5H2,1H3,(H,12,17)(H,13,18). The van der Waals surface area contributed by atoms with Crippen molar-refractivity contribution in [3.05, 3.63) is 28.7 Å². The number of rotatable bonds is 5. The number of thiophene rings is 1. The summed E-state index contributed by atoms with van der Waals surface area (Å²) in [4.78, 5) is 22.0. The molecular weight excluding hydrogens is 266 g/mol. The summed E-state index contributed by atoms with van der Waals surface area (Å²) in [6, 6.07) is 1.93. The molecular formula is C11H13N5O2S. The van der Waals surface area contributed by atoms with Crippen molar-refractivity contribution in [2.45, 2.75) is 13.5 Å². The second-order valence-electron chi connectivity index (χ2n) is 3.82. The number of amides is 2. The maximum atomic E-state index is 11.4. The van der Waals surface area contributed by atoms with Gasteiger partial charge in [0.05, 0.1) is 25.0 Å².